The van der Waals surface area contributed by atoms with E-state index in [1.807, 2.05) is 0 Å². The lowest BCUT2D eigenvalue weighted by Gasteiger charge is -2.33. The maximum atomic E-state index is 3.46. The molecular formula is C16H26N2S. The van der Waals surface area contributed by atoms with Gasteiger partial charge in [-0.25, -0.2) is 0 Å². The average molecular weight is 278 g/mol. The Morgan fingerprint density at radius 1 is 1.26 bits per heavy atom. The summed E-state index contributed by atoms with van der Waals surface area (Å²) in [7, 11) is 0. The van der Waals surface area contributed by atoms with Crippen molar-refractivity contribution in [3.8, 4) is 0 Å². The molecule has 1 N–H and O–H groups in total. The highest BCUT2D eigenvalue weighted by atomic mass is 32.2. The van der Waals surface area contributed by atoms with Crippen molar-refractivity contribution in [3.05, 3.63) is 35.4 Å². The number of rotatable bonds is 5. The molecule has 0 spiro atoms. The Bertz CT molecular complexity index is 375. The summed E-state index contributed by atoms with van der Waals surface area (Å²) in [6, 6.07) is 10.3. The molecule has 0 aliphatic carbocycles. The van der Waals surface area contributed by atoms with Crippen LogP contribution in [0.25, 0.3) is 0 Å². The molecule has 2 nitrogen and oxygen atoms in total. The fraction of sp³-hybridized carbons (Fsp3) is 0.625. The molecule has 1 fully saturated rings. The Kier molecular flexibility index (Phi) is 5.74. The molecule has 0 aromatic heterocycles. The van der Waals surface area contributed by atoms with Gasteiger partial charge in [-0.05, 0) is 18.1 Å². The van der Waals surface area contributed by atoms with Crippen molar-refractivity contribution >= 4 is 11.8 Å². The molecule has 1 unspecified atom stereocenters. The summed E-state index contributed by atoms with van der Waals surface area (Å²) in [6.07, 6.45) is 0. The van der Waals surface area contributed by atoms with E-state index in [9.17, 15) is 0 Å². The van der Waals surface area contributed by atoms with Crippen LogP contribution in [0.1, 0.15) is 31.9 Å². The highest BCUT2D eigenvalue weighted by Gasteiger charge is 2.18. The molecule has 1 atom stereocenters. The lowest BCUT2D eigenvalue weighted by Crippen LogP contribution is -2.39. The lowest BCUT2D eigenvalue weighted by molar-refractivity contribution is 0.224. The van der Waals surface area contributed by atoms with Gasteiger partial charge in [-0.2, -0.15) is 11.8 Å². The maximum Gasteiger partial charge on any atom is 0.0237 e. The molecule has 1 heterocycles. The highest BCUT2D eigenvalue weighted by Crippen LogP contribution is 2.18. The zero-order valence-electron chi connectivity index (χ0n) is 12.4. The topological polar surface area (TPSA) is 15.3 Å². The summed E-state index contributed by atoms with van der Waals surface area (Å²) in [4.78, 5) is 2.60. The summed E-state index contributed by atoms with van der Waals surface area (Å²) in [5.41, 5.74) is 2.81. The Morgan fingerprint density at radius 3 is 2.58 bits per heavy atom. The zero-order chi connectivity index (χ0) is 13.7. The van der Waals surface area contributed by atoms with E-state index in [0.29, 0.717) is 12.1 Å². The Morgan fingerprint density at radius 2 is 1.95 bits per heavy atom. The minimum Gasteiger partial charge on any atom is -0.310 e. The number of hydrogen-bond donors (Lipinski definition) is 1. The van der Waals surface area contributed by atoms with Crippen molar-refractivity contribution in [3.63, 3.8) is 0 Å². The first-order chi connectivity index (χ1) is 9.15. The van der Waals surface area contributed by atoms with E-state index in [1.54, 1.807) is 0 Å². The third-order valence-electron chi connectivity index (χ3n) is 3.63. The third kappa shape index (κ3) is 4.83. The molecule has 106 valence electrons. The number of benzene rings is 1. The molecule has 3 heteroatoms. The molecular weight excluding hydrogens is 252 g/mol. The van der Waals surface area contributed by atoms with Crippen molar-refractivity contribution in [1.82, 2.24) is 10.2 Å². The largest absolute Gasteiger partial charge is 0.310 e. The summed E-state index contributed by atoms with van der Waals surface area (Å²) < 4.78 is 0. The van der Waals surface area contributed by atoms with Gasteiger partial charge in [0.25, 0.3) is 0 Å². The van der Waals surface area contributed by atoms with Gasteiger partial charge in [0, 0.05) is 43.2 Å². The van der Waals surface area contributed by atoms with Gasteiger partial charge in [0.2, 0.25) is 0 Å². The second kappa shape index (κ2) is 7.32. The fourth-order valence-corrected chi connectivity index (χ4v) is 3.40. The van der Waals surface area contributed by atoms with Crippen LogP contribution in [0.3, 0.4) is 0 Å². The lowest BCUT2D eigenvalue weighted by atomic mass is 10.1. The van der Waals surface area contributed by atoms with Gasteiger partial charge in [0.15, 0.2) is 0 Å². The molecule has 0 bridgehead atoms. The minimum atomic E-state index is 0.548. The summed E-state index contributed by atoms with van der Waals surface area (Å²) in [5.74, 6) is 2.55. The Hall–Kier alpha value is -0.510. The van der Waals surface area contributed by atoms with Gasteiger partial charge in [0.1, 0.15) is 0 Å². The smallest absolute Gasteiger partial charge is 0.0237 e. The summed E-state index contributed by atoms with van der Waals surface area (Å²) in [6.45, 7) is 10.00. The molecule has 2 rings (SSSR count). The van der Waals surface area contributed by atoms with Crippen LogP contribution in [0.2, 0.25) is 0 Å². The van der Waals surface area contributed by atoms with E-state index in [-0.39, 0.29) is 0 Å². The quantitative estimate of drug-likeness (QED) is 0.891. The van der Waals surface area contributed by atoms with Crippen LogP contribution in [0.5, 0.6) is 0 Å². The van der Waals surface area contributed by atoms with Crippen LogP contribution >= 0.6 is 11.8 Å². The van der Waals surface area contributed by atoms with Crippen LogP contribution in [-0.2, 0) is 13.1 Å². The van der Waals surface area contributed by atoms with Crippen LogP contribution in [0.4, 0.5) is 0 Å². The molecule has 1 aliphatic heterocycles. The minimum absolute atomic E-state index is 0.548. The molecule has 0 saturated carbocycles. The molecule has 1 saturated heterocycles. The normalized spacial score (nSPS) is 20.9. The van der Waals surface area contributed by atoms with Gasteiger partial charge < -0.3 is 5.32 Å². The van der Waals surface area contributed by atoms with Gasteiger partial charge >= 0.3 is 0 Å². The Labute approximate surface area is 122 Å². The number of thioether (sulfide) groups is 1. The first-order valence-electron chi connectivity index (χ1n) is 7.28. The predicted molar refractivity (Wildman–Crippen MR) is 85.6 cm³/mol. The monoisotopic (exact) mass is 278 g/mol. The molecule has 1 aliphatic rings. The van der Waals surface area contributed by atoms with Crippen molar-refractivity contribution in [1.29, 1.82) is 0 Å². The van der Waals surface area contributed by atoms with Gasteiger partial charge in [-0.1, -0.05) is 38.1 Å². The second-order valence-corrected chi connectivity index (χ2v) is 6.90. The van der Waals surface area contributed by atoms with Gasteiger partial charge in [-0.3, -0.25) is 4.90 Å². The maximum absolute atomic E-state index is 3.46. The summed E-state index contributed by atoms with van der Waals surface area (Å²) >= 11 is 2.08. The first kappa shape index (κ1) is 14.9. The standard InChI is InChI=1S/C16H26N2S/c1-13(2)17-10-15-4-6-16(7-5-15)11-18-8-9-19-12-14(18)3/h4-7,13-14,17H,8-12H2,1-3H3. The van der Waals surface area contributed by atoms with Crippen molar-refractivity contribution in [2.45, 2.75) is 45.9 Å². The molecule has 1 aromatic rings. The number of nitrogens with one attached hydrogen (secondary N) is 1. The van der Waals surface area contributed by atoms with E-state index >= 15 is 0 Å². The van der Waals surface area contributed by atoms with Crippen molar-refractivity contribution < 1.29 is 0 Å². The highest BCUT2D eigenvalue weighted by molar-refractivity contribution is 7.99. The van der Waals surface area contributed by atoms with Crippen molar-refractivity contribution in [2.24, 2.45) is 0 Å². The average Bonchev–Trinajstić information content (AvgIpc) is 2.40. The Balaban J connectivity index is 1.87. The summed E-state index contributed by atoms with van der Waals surface area (Å²) in [5, 5.41) is 3.46. The molecule has 19 heavy (non-hydrogen) atoms. The van der Waals surface area contributed by atoms with Gasteiger partial charge in [-0.15, -0.1) is 0 Å². The number of nitrogens with zero attached hydrogens (tertiary/aromatic N) is 1. The first-order valence-corrected chi connectivity index (χ1v) is 8.43. The number of hydrogen-bond acceptors (Lipinski definition) is 3. The van der Waals surface area contributed by atoms with Gasteiger partial charge in [0.05, 0.1) is 0 Å². The SMILES string of the molecule is CC(C)NCc1ccc(CN2CCSCC2C)cc1. The molecule has 0 radical (unpaired) electrons. The van der Waals surface area contributed by atoms with E-state index < -0.39 is 0 Å². The fourth-order valence-electron chi connectivity index (χ4n) is 2.32. The predicted octanol–water partition coefficient (Wildman–Crippen LogP) is 3.12. The third-order valence-corrected chi connectivity index (χ3v) is 4.82. The van der Waals surface area contributed by atoms with Crippen LogP contribution in [0, 0.1) is 0 Å². The van der Waals surface area contributed by atoms with Crippen LogP contribution < -0.4 is 5.32 Å². The van der Waals surface area contributed by atoms with Crippen LogP contribution in [-0.4, -0.2) is 35.0 Å². The molecule has 0 amide bonds. The molecule has 1 aromatic carbocycles. The van der Waals surface area contributed by atoms with E-state index in [4.69, 9.17) is 0 Å². The van der Waals surface area contributed by atoms with Crippen LogP contribution in [0.15, 0.2) is 24.3 Å². The van der Waals surface area contributed by atoms with E-state index in [2.05, 4.69) is 67.0 Å². The van der Waals surface area contributed by atoms with E-state index in [0.717, 1.165) is 13.1 Å². The second-order valence-electron chi connectivity index (χ2n) is 5.75. The van der Waals surface area contributed by atoms with Crippen molar-refractivity contribution in [2.75, 3.05) is 18.1 Å². The van der Waals surface area contributed by atoms with E-state index in [1.165, 1.54) is 29.2 Å². The zero-order valence-corrected chi connectivity index (χ0v) is 13.2.